The molecular weight excluding hydrogens is 270 g/mol. The normalized spacial score (nSPS) is 13.2. The predicted octanol–water partition coefficient (Wildman–Crippen LogP) is 0.927. The Balaban J connectivity index is 2.87. The Labute approximate surface area is 105 Å². The number of rotatable bonds is 4. The quantitative estimate of drug-likeness (QED) is 0.719. The number of hydrogen-bond donors (Lipinski definition) is 3. The summed E-state index contributed by atoms with van der Waals surface area (Å²) in [4.78, 5) is 11.5. The molecule has 0 saturated carbocycles. The van der Waals surface area contributed by atoms with Crippen LogP contribution in [0.4, 0.5) is 17.6 Å². The highest BCUT2D eigenvalue weighted by molar-refractivity contribution is 5.94. The highest BCUT2D eigenvalue weighted by Crippen LogP contribution is 2.31. The maximum atomic E-state index is 13.0. The fourth-order valence-electron chi connectivity index (χ4n) is 1.26. The third-order valence-electron chi connectivity index (χ3n) is 2.24. The van der Waals surface area contributed by atoms with Crippen molar-refractivity contribution in [2.75, 3.05) is 13.2 Å². The zero-order valence-corrected chi connectivity index (χ0v) is 9.54. The van der Waals surface area contributed by atoms with Crippen LogP contribution in [0.1, 0.15) is 15.9 Å². The van der Waals surface area contributed by atoms with Crippen LogP contribution in [0.3, 0.4) is 0 Å². The van der Waals surface area contributed by atoms with Gasteiger partial charge in [0.2, 0.25) is 0 Å². The topological polar surface area (TPSA) is 69.6 Å². The van der Waals surface area contributed by atoms with E-state index >= 15 is 0 Å². The van der Waals surface area contributed by atoms with E-state index in [0.717, 1.165) is 6.07 Å². The molecule has 0 fully saturated rings. The largest absolute Gasteiger partial charge is 0.419 e. The zero-order valence-electron chi connectivity index (χ0n) is 9.54. The first kappa shape index (κ1) is 15.4. The molecule has 1 atom stereocenters. The molecule has 1 aromatic carbocycles. The van der Waals surface area contributed by atoms with Gasteiger partial charge in [0.1, 0.15) is 5.82 Å². The average molecular weight is 281 g/mol. The van der Waals surface area contributed by atoms with Gasteiger partial charge in [-0.1, -0.05) is 0 Å². The standard InChI is InChI=1S/C11H11F4NO3/c12-9-2-1-6(3-8(9)11(13,14)15)10(19)16-4-7(18)5-17/h1-3,7,17-18H,4-5H2,(H,16,19). The fourth-order valence-corrected chi connectivity index (χ4v) is 1.26. The Kier molecular flexibility index (Phi) is 4.84. The van der Waals surface area contributed by atoms with Gasteiger partial charge in [0.15, 0.2) is 0 Å². The lowest BCUT2D eigenvalue weighted by atomic mass is 10.1. The molecular formula is C11H11F4NO3. The zero-order chi connectivity index (χ0) is 14.6. The predicted molar refractivity (Wildman–Crippen MR) is 56.8 cm³/mol. The van der Waals surface area contributed by atoms with Crippen molar-refractivity contribution < 1.29 is 32.6 Å². The van der Waals surface area contributed by atoms with Crippen LogP contribution in [-0.2, 0) is 6.18 Å². The summed E-state index contributed by atoms with van der Waals surface area (Å²) in [6.45, 7) is -0.925. The van der Waals surface area contributed by atoms with Crippen molar-refractivity contribution in [3.8, 4) is 0 Å². The number of benzene rings is 1. The lowest BCUT2D eigenvalue weighted by molar-refractivity contribution is -0.140. The van der Waals surface area contributed by atoms with Gasteiger partial charge in [-0.3, -0.25) is 4.79 Å². The molecule has 0 aliphatic carbocycles. The molecule has 19 heavy (non-hydrogen) atoms. The van der Waals surface area contributed by atoms with Crippen LogP contribution < -0.4 is 5.32 Å². The van der Waals surface area contributed by atoms with Crippen molar-refractivity contribution in [2.45, 2.75) is 12.3 Å². The molecule has 0 aliphatic rings. The van der Waals surface area contributed by atoms with Crippen LogP contribution in [-0.4, -0.2) is 35.4 Å². The second-order valence-corrected chi connectivity index (χ2v) is 3.74. The fraction of sp³-hybridized carbons (Fsp3) is 0.364. The molecule has 4 nitrogen and oxygen atoms in total. The van der Waals surface area contributed by atoms with Crippen molar-refractivity contribution in [3.63, 3.8) is 0 Å². The van der Waals surface area contributed by atoms with E-state index in [1.54, 1.807) is 0 Å². The van der Waals surface area contributed by atoms with Crippen LogP contribution in [0.25, 0.3) is 0 Å². The Morgan fingerprint density at radius 3 is 2.53 bits per heavy atom. The van der Waals surface area contributed by atoms with Crippen LogP contribution in [0.15, 0.2) is 18.2 Å². The smallest absolute Gasteiger partial charge is 0.394 e. The summed E-state index contributed by atoms with van der Waals surface area (Å²) in [7, 11) is 0. The van der Waals surface area contributed by atoms with E-state index in [-0.39, 0.29) is 12.1 Å². The number of carbonyl (C=O) groups excluding carboxylic acids is 1. The Bertz CT molecular complexity index is 462. The maximum absolute atomic E-state index is 13.0. The summed E-state index contributed by atoms with van der Waals surface area (Å²) < 4.78 is 50.2. The van der Waals surface area contributed by atoms with Gasteiger partial charge < -0.3 is 15.5 Å². The molecule has 1 aromatic rings. The summed E-state index contributed by atoms with van der Waals surface area (Å²) in [5.74, 6) is -2.38. The SMILES string of the molecule is O=C(NCC(O)CO)c1ccc(F)c(C(F)(F)F)c1. The number of aliphatic hydroxyl groups excluding tert-OH is 2. The van der Waals surface area contributed by atoms with Crippen molar-refractivity contribution in [2.24, 2.45) is 0 Å². The van der Waals surface area contributed by atoms with E-state index in [1.165, 1.54) is 0 Å². The minimum Gasteiger partial charge on any atom is -0.394 e. The van der Waals surface area contributed by atoms with Gasteiger partial charge in [0.05, 0.1) is 18.3 Å². The lowest BCUT2D eigenvalue weighted by Crippen LogP contribution is -2.34. The molecule has 106 valence electrons. The molecule has 0 heterocycles. The molecule has 3 N–H and O–H groups in total. The number of halogens is 4. The second-order valence-electron chi connectivity index (χ2n) is 3.74. The number of alkyl halides is 3. The summed E-state index contributed by atoms with van der Waals surface area (Å²) in [5, 5.41) is 19.6. The van der Waals surface area contributed by atoms with Gasteiger partial charge in [-0.05, 0) is 18.2 Å². The number of aliphatic hydroxyl groups is 2. The van der Waals surface area contributed by atoms with Crippen molar-refractivity contribution in [1.82, 2.24) is 5.32 Å². The van der Waals surface area contributed by atoms with E-state index in [2.05, 4.69) is 5.32 Å². The van der Waals surface area contributed by atoms with Gasteiger partial charge in [-0.2, -0.15) is 13.2 Å². The minimum atomic E-state index is -4.90. The van der Waals surface area contributed by atoms with Crippen LogP contribution in [0.2, 0.25) is 0 Å². The van der Waals surface area contributed by atoms with E-state index in [0.29, 0.717) is 12.1 Å². The molecule has 1 amide bonds. The van der Waals surface area contributed by atoms with Crippen molar-refractivity contribution in [3.05, 3.63) is 35.1 Å². The molecule has 0 spiro atoms. The Hall–Kier alpha value is -1.67. The van der Waals surface area contributed by atoms with E-state index in [9.17, 15) is 22.4 Å². The number of nitrogens with one attached hydrogen (secondary N) is 1. The second kappa shape index (κ2) is 5.98. The first-order valence-electron chi connectivity index (χ1n) is 5.19. The van der Waals surface area contributed by atoms with Crippen LogP contribution in [0.5, 0.6) is 0 Å². The summed E-state index contributed by atoms with van der Waals surface area (Å²) in [6, 6.07) is 1.82. The molecule has 0 bridgehead atoms. The van der Waals surface area contributed by atoms with Gasteiger partial charge in [0.25, 0.3) is 5.91 Å². The molecule has 0 aromatic heterocycles. The maximum Gasteiger partial charge on any atom is 0.419 e. The van der Waals surface area contributed by atoms with Gasteiger partial charge in [0, 0.05) is 12.1 Å². The average Bonchev–Trinajstić information content (AvgIpc) is 2.34. The Morgan fingerprint density at radius 1 is 1.37 bits per heavy atom. The lowest BCUT2D eigenvalue weighted by Gasteiger charge is -2.11. The summed E-state index contributed by atoms with van der Waals surface area (Å²) in [6.07, 6.45) is -6.11. The van der Waals surface area contributed by atoms with Gasteiger partial charge in [-0.25, -0.2) is 4.39 Å². The highest BCUT2D eigenvalue weighted by Gasteiger charge is 2.34. The summed E-state index contributed by atoms with van der Waals surface area (Å²) >= 11 is 0. The monoisotopic (exact) mass is 281 g/mol. The highest BCUT2D eigenvalue weighted by atomic mass is 19.4. The minimum absolute atomic E-state index is 0.325. The summed E-state index contributed by atoms with van der Waals surface area (Å²) in [5.41, 5.74) is -1.93. The van der Waals surface area contributed by atoms with Crippen LogP contribution >= 0.6 is 0 Å². The molecule has 1 unspecified atom stereocenters. The molecule has 8 heteroatoms. The third kappa shape index (κ3) is 4.18. The molecule has 0 saturated heterocycles. The van der Waals surface area contributed by atoms with E-state index < -0.39 is 36.2 Å². The molecule has 1 rings (SSSR count). The number of amides is 1. The van der Waals surface area contributed by atoms with Crippen molar-refractivity contribution in [1.29, 1.82) is 0 Å². The first-order valence-corrected chi connectivity index (χ1v) is 5.19. The van der Waals surface area contributed by atoms with E-state index in [4.69, 9.17) is 10.2 Å². The molecule has 0 aliphatic heterocycles. The van der Waals surface area contributed by atoms with Crippen molar-refractivity contribution >= 4 is 5.91 Å². The van der Waals surface area contributed by atoms with E-state index in [1.807, 2.05) is 0 Å². The third-order valence-corrected chi connectivity index (χ3v) is 2.24. The Morgan fingerprint density at radius 2 is 2.00 bits per heavy atom. The van der Waals surface area contributed by atoms with Crippen LogP contribution in [0, 0.1) is 5.82 Å². The number of carbonyl (C=O) groups is 1. The first-order chi connectivity index (χ1) is 8.75. The number of hydrogen-bond acceptors (Lipinski definition) is 3. The van der Waals surface area contributed by atoms with Gasteiger partial charge >= 0.3 is 6.18 Å². The van der Waals surface area contributed by atoms with Gasteiger partial charge in [-0.15, -0.1) is 0 Å². The molecule has 0 radical (unpaired) electrons.